The molecule has 3 heterocycles. The maximum Gasteiger partial charge on any atom is 0.196 e. The van der Waals surface area contributed by atoms with E-state index < -0.39 is 6.23 Å². The third kappa shape index (κ3) is 4.14. The standard InChI is InChI=1S/C21H31N7O/c1-13(9-14-10-24-18-6-4-3-5-17(14)18)25-20(29)19(22)26-21(23)28-11-15-7-8-16(12-28)27(15)2/h3-6,10,13,15-16,20,24-25,29H,7-9,11-12H2,1-2H3,(H3,22,23,26). The zero-order chi connectivity index (χ0) is 20.5. The number of hydrogen-bond donors (Lipinski definition) is 6. The molecule has 1 aromatic heterocycles. The van der Waals surface area contributed by atoms with E-state index in [1.54, 1.807) is 0 Å². The zero-order valence-electron chi connectivity index (χ0n) is 17.1. The van der Waals surface area contributed by atoms with Crippen molar-refractivity contribution in [1.29, 1.82) is 10.8 Å². The van der Waals surface area contributed by atoms with Gasteiger partial charge in [-0.2, -0.15) is 0 Å². The van der Waals surface area contributed by atoms with E-state index in [0.717, 1.165) is 37.9 Å². The largest absolute Gasteiger partial charge is 0.371 e. The van der Waals surface area contributed by atoms with Crippen LogP contribution in [0, 0.1) is 10.8 Å². The quantitative estimate of drug-likeness (QED) is 0.258. The first-order valence-electron chi connectivity index (χ1n) is 10.3. The molecule has 156 valence electrons. The van der Waals surface area contributed by atoms with E-state index in [-0.39, 0.29) is 17.8 Å². The summed E-state index contributed by atoms with van der Waals surface area (Å²) in [6, 6.07) is 9.07. The predicted molar refractivity (Wildman–Crippen MR) is 115 cm³/mol. The number of amidine groups is 1. The van der Waals surface area contributed by atoms with Crippen molar-refractivity contribution in [3.8, 4) is 0 Å². The summed E-state index contributed by atoms with van der Waals surface area (Å²) in [5.41, 5.74) is 2.27. The molecular weight excluding hydrogens is 366 g/mol. The van der Waals surface area contributed by atoms with Gasteiger partial charge in [0.15, 0.2) is 12.2 Å². The number of fused-ring (bicyclic) bond motifs is 3. The van der Waals surface area contributed by atoms with Gasteiger partial charge in [-0.05, 0) is 44.9 Å². The Kier molecular flexibility index (Phi) is 5.58. The summed E-state index contributed by atoms with van der Waals surface area (Å²) in [5.74, 6) is 0.109. The van der Waals surface area contributed by atoms with Crippen LogP contribution in [0.2, 0.25) is 0 Å². The van der Waals surface area contributed by atoms with Crippen molar-refractivity contribution < 1.29 is 5.11 Å². The second kappa shape index (κ2) is 8.14. The van der Waals surface area contributed by atoms with Gasteiger partial charge in [-0.15, -0.1) is 0 Å². The first kappa shape index (κ1) is 19.9. The SMILES string of the molecule is CC(Cc1c[nH]c2ccccc12)NC(O)C(=N)NC(=N)N1CC2CCC(C1)N2C. The summed E-state index contributed by atoms with van der Waals surface area (Å²) in [6.45, 7) is 3.58. The van der Waals surface area contributed by atoms with E-state index in [1.165, 1.54) is 10.9 Å². The number of nitrogens with zero attached hydrogens (tertiary/aromatic N) is 2. The normalized spacial score (nSPS) is 23.9. The van der Waals surface area contributed by atoms with Crippen molar-refractivity contribution in [1.82, 2.24) is 25.4 Å². The van der Waals surface area contributed by atoms with Crippen LogP contribution in [0.15, 0.2) is 30.5 Å². The van der Waals surface area contributed by atoms with Gasteiger partial charge in [0, 0.05) is 48.3 Å². The lowest BCUT2D eigenvalue weighted by molar-refractivity contribution is 0.131. The minimum absolute atomic E-state index is 0.0278. The molecule has 4 rings (SSSR count). The number of piperazine rings is 1. The lowest BCUT2D eigenvalue weighted by atomic mass is 10.1. The zero-order valence-corrected chi connectivity index (χ0v) is 17.1. The van der Waals surface area contributed by atoms with Gasteiger partial charge in [0.25, 0.3) is 0 Å². The summed E-state index contributed by atoms with van der Waals surface area (Å²) >= 11 is 0. The molecule has 29 heavy (non-hydrogen) atoms. The molecule has 4 atom stereocenters. The Balaban J connectivity index is 1.28. The highest BCUT2D eigenvalue weighted by atomic mass is 16.3. The molecule has 1 aromatic carbocycles. The Morgan fingerprint density at radius 2 is 1.93 bits per heavy atom. The number of likely N-dealkylation sites (tertiary alicyclic amines) is 1. The second-order valence-corrected chi connectivity index (χ2v) is 8.38. The van der Waals surface area contributed by atoms with Crippen molar-refractivity contribution in [2.45, 2.75) is 50.5 Å². The van der Waals surface area contributed by atoms with Crippen LogP contribution in [-0.4, -0.2) is 76.2 Å². The van der Waals surface area contributed by atoms with Crippen LogP contribution in [0.25, 0.3) is 10.9 Å². The average molecular weight is 398 g/mol. The number of aliphatic hydroxyl groups excluding tert-OH is 1. The van der Waals surface area contributed by atoms with Crippen molar-refractivity contribution in [2.24, 2.45) is 0 Å². The predicted octanol–water partition coefficient (Wildman–Crippen LogP) is 1.29. The van der Waals surface area contributed by atoms with E-state index >= 15 is 0 Å². The topological polar surface area (TPSA) is 114 Å². The number of guanidine groups is 1. The highest BCUT2D eigenvalue weighted by Crippen LogP contribution is 2.28. The molecule has 2 aliphatic heterocycles. The van der Waals surface area contributed by atoms with Crippen molar-refractivity contribution >= 4 is 22.7 Å². The molecule has 2 aromatic rings. The van der Waals surface area contributed by atoms with E-state index in [1.807, 2.05) is 36.2 Å². The van der Waals surface area contributed by atoms with Crippen LogP contribution in [-0.2, 0) is 6.42 Å². The third-order valence-corrected chi connectivity index (χ3v) is 6.33. The Hall–Kier alpha value is -2.42. The van der Waals surface area contributed by atoms with Gasteiger partial charge in [0.1, 0.15) is 5.84 Å². The van der Waals surface area contributed by atoms with Gasteiger partial charge in [-0.25, -0.2) is 0 Å². The Bertz CT molecular complexity index is 880. The average Bonchev–Trinajstić information content (AvgIpc) is 3.16. The highest BCUT2D eigenvalue weighted by Gasteiger charge is 2.38. The Morgan fingerprint density at radius 3 is 2.66 bits per heavy atom. The fraction of sp³-hybridized carbons (Fsp3) is 0.524. The van der Waals surface area contributed by atoms with E-state index in [9.17, 15) is 5.11 Å². The maximum absolute atomic E-state index is 10.4. The summed E-state index contributed by atoms with van der Waals surface area (Å²) < 4.78 is 0. The van der Waals surface area contributed by atoms with Gasteiger partial charge >= 0.3 is 0 Å². The number of aromatic nitrogens is 1. The number of aliphatic hydroxyl groups is 1. The number of nitrogens with one attached hydrogen (secondary N) is 5. The second-order valence-electron chi connectivity index (χ2n) is 8.38. The van der Waals surface area contributed by atoms with Crippen molar-refractivity contribution in [2.75, 3.05) is 20.1 Å². The fourth-order valence-electron chi connectivity index (χ4n) is 4.61. The molecule has 0 saturated carbocycles. The maximum atomic E-state index is 10.4. The molecule has 8 nitrogen and oxygen atoms in total. The van der Waals surface area contributed by atoms with Gasteiger partial charge < -0.3 is 20.3 Å². The van der Waals surface area contributed by atoms with Crippen LogP contribution in [0.3, 0.4) is 0 Å². The van der Waals surface area contributed by atoms with E-state index in [0.29, 0.717) is 12.1 Å². The fourth-order valence-corrected chi connectivity index (χ4v) is 4.61. The smallest absolute Gasteiger partial charge is 0.196 e. The number of benzene rings is 1. The summed E-state index contributed by atoms with van der Waals surface area (Å²) in [6.07, 6.45) is 3.92. The Labute approximate surface area is 171 Å². The molecule has 0 amide bonds. The minimum atomic E-state index is -1.14. The molecule has 0 aliphatic carbocycles. The monoisotopic (exact) mass is 397 g/mol. The highest BCUT2D eigenvalue weighted by molar-refractivity contribution is 5.98. The number of rotatable bonds is 5. The van der Waals surface area contributed by atoms with E-state index in [4.69, 9.17) is 10.8 Å². The molecule has 0 spiro atoms. The number of para-hydroxylation sites is 1. The molecule has 2 bridgehead atoms. The summed E-state index contributed by atoms with van der Waals surface area (Å²) in [7, 11) is 2.15. The first-order valence-corrected chi connectivity index (χ1v) is 10.3. The molecule has 0 radical (unpaired) electrons. The lowest BCUT2D eigenvalue weighted by Crippen LogP contribution is -2.58. The molecule has 2 fully saturated rings. The van der Waals surface area contributed by atoms with Crippen LogP contribution >= 0.6 is 0 Å². The molecule has 2 aliphatic rings. The van der Waals surface area contributed by atoms with Crippen molar-refractivity contribution in [3.63, 3.8) is 0 Å². The number of aromatic amines is 1. The number of hydrogen-bond acceptors (Lipinski definition) is 5. The van der Waals surface area contributed by atoms with Crippen LogP contribution in [0.4, 0.5) is 0 Å². The van der Waals surface area contributed by atoms with E-state index in [2.05, 4.69) is 33.6 Å². The number of H-pyrrole nitrogens is 1. The van der Waals surface area contributed by atoms with Crippen LogP contribution < -0.4 is 10.6 Å². The summed E-state index contributed by atoms with van der Waals surface area (Å²) in [5, 5.41) is 33.9. The minimum Gasteiger partial charge on any atom is -0.371 e. The molecule has 2 saturated heterocycles. The first-order chi connectivity index (χ1) is 13.9. The van der Waals surface area contributed by atoms with Gasteiger partial charge in [-0.3, -0.25) is 21.0 Å². The number of likely N-dealkylation sites (N-methyl/N-ethyl adjacent to an activating group) is 1. The molecular formula is C21H31N7O. The molecule has 8 heteroatoms. The lowest BCUT2D eigenvalue weighted by Gasteiger charge is -2.40. The Morgan fingerprint density at radius 1 is 1.24 bits per heavy atom. The molecule has 6 N–H and O–H groups in total. The van der Waals surface area contributed by atoms with Crippen molar-refractivity contribution in [3.05, 3.63) is 36.0 Å². The van der Waals surface area contributed by atoms with Gasteiger partial charge in [0.2, 0.25) is 0 Å². The van der Waals surface area contributed by atoms with Gasteiger partial charge in [0.05, 0.1) is 0 Å². The summed E-state index contributed by atoms with van der Waals surface area (Å²) in [4.78, 5) is 7.65. The van der Waals surface area contributed by atoms with Crippen LogP contribution in [0.5, 0.6) is 0 Å². The molecule has 4 unspecified atom stereocenters. The van der Waals surface area contributed by atoms with Gasteiger partial charge in [-0.1, -0.05) is 18.2 Å². The van der Waals surface area contributed by atoms with Crippen LogP contribution in [0.1, 0.15) is 25.3 Å². The third-order valence-electron chi connectivity index (χ3n) is 6.33.